The third kappa shape index (κ3) is 5.69. The number of carbonyl (C=O) groups excluding carboxylic acids is 3. The molecule has 1 aliphatic rings. The maximum atomic E-state index is 13.2. The van der Waals surface area contributed by atoms with E-state index in [1.54, 1.807) is 36.4 Å². The highest BCUT2D eigenvalue weighted by Gasteiger charge is 2.25. The number of aryl methyl sites for hydroxylation is 1. The zero-order chi connectivity index (χ0) is 24.9. The molecule has 1 aliphatic heterocycles. The molecule has 0 bridgehead atoms. The fourth-order valence-corrected chi connectivity index (χ4v) is 4.31. The van der Waals surface area contributed by atoms with Crippen molar-refractivity contribution in [1.82, 2.24) is 9.88 Å². The van der Waals surface area contributed by atoms with Crippen molar-refractivity contribution in [2.24, 2.45) is 0 Å². The number of amides is 2. The number of piperidine rings is 1. The second kappa shape index (κ2) is 10.7. The molecule has 7 nitrogen and oxygen atoms in total. The lowest BCUT2D eigenvalue weighted by Crippen LogP contribution is -2.38. The molecule has 0 atom stereocenters. The number of benzene rings is 2. The summed E-state index contributed by atoms with van der Waals surface area (Å²) in [6.45, 7) is 3.14. The number of halogens is 1. The zero-order valence-corrected chi connectivity index (χ0v) is 20.3. The van der Waals surface area contributed by atoms with E-state index in [0.29, 0.717) is 46.5 Å². The number of hydrogen-bond acceptors (Lipinski definition) is 5. The Hall–Kier alpha value is -3.71. The smallest absolute Gasteiger partial charge is 0.337 e. The van der Waals surface area contributed by atoms with Crippen molar-refractivity contribution in [2.75, 3.05) is 25.5 Å². The van der Waals surface area contributed by atoms with Crippen molar-refractivity contribution in [1.29, 1.82) is 0 Å². The first-order chi connectivity index (χ1) is 16.9. The number of rotatable bonds is 5. The summed E-state index contributed by atoms with van der Waals surface area (Å²) in [5.74, 6) is -0.406. The number of methoxy groups -OCH3 is 1. The Morgan fingerprint density at radius 3 is 2.26 bits per heavy atom. The van der Waals surface area contributed by atoms with Gasteiger partial charge in [0.2, 0.25) is 0 Å². The van der Waals surface area contributed by atoms with Gasteiger partial charge in [-0.15, -0.1) is 0 Å². The monoisotopic (exact) mass is 491 g/mol. The molecule has 0 spiro atoms. The molecule has 0 saturated carbocycles. The fraction of sp³-hybridized carbons (Fsp3) is 0.259. The SMILES string of the molecule is COC(=O)c1ccc(C2CCN(C(=O)c3ccc(C)c(NC(=O)c4ccc(Cl)nc4)c3)CC2)cc1. The van der Waals surface area contributed by atoms with Crippen LogP contribution in [0.5, 0.6) is 0 Å². The Morgan fingerprint density at radius 1 is 0.971 bits per heavy atom. The van der Waals surface area contributed by atoms with E-state index in [-0.39, 0.29) is 17.8 Å². The summed E-state index contributed by atoms with van der Waals surface area (Å²) in [6.07, 6.45) is 3.08. The highest BCUT2D eigenvalue weighted by atomic mass is 35.5. The summed E-state index contributed by atoms with van der Waals surface area (Å²) in [7, 11) is 1.37. The van der Waals surface area contributed by atoms with E-state index in [9.17, 15) is 14.4 Å². The van der Waals surface area contributed by atoms with Crippen LogP contribution in [-0.4, -0.2) is 47.9 Å². The van der Waals surface area contributed by atoms with Gasteiger partial charge < -0.3 is 15.0 Å². The van der Waals surface area contributed by atoms with Crippen LogP contribution in [0.25, 0.3) is 0 Å². The molecule has 180 valence electrons. The number of hydrogen-bond donors (Lipinski definition) is 1. The molecule has 0 unspecified atom stereocenters. The van der Waals surface area contributed by atoms with E-state index >= 15 is 0 Å². The highest BCUT2D eigenvalue weighted by molar-refractivity contribution is 6.29. The van der Waals surface area contributed by atoms with E-state index in [0.717, 1.165) is 24.0 Å². The first-order valence-corrected chi connectivity index (χ1v) is 11.7. The Balaban J connectivity index is 1.39. The summed E-state index contributed by atoms with van der Waals surface area (Å²) < 4.78 is 4.75. The van der Waals surface area contributed by atoms with Gasteiger partial charge in [-0.25, -0.2) is 9.78 Å². The van der Waals surface area contributed by atoms with Gasteiger partial charge in [0.05, 0.1) is 18.2 Å². The number of pyridine rings is 1. The second-order valence-electron chi connectivity index (χ2n) is 8.53. The number of nitrogens with one attached hydrogen (secondary N) is 1. The summed E-state index contributed by atoms with van der Waals surface area (Å²) in [5, 5.41) is 3.18. The highest BCUT2D eigenvalue weighted by Crippen LogP contribution is 2.29. The topological polar surface area (TPSA) is 88.6 Å². The molecule has 0 radical (unpaired) electrons. The lowest BCUT2D eigenvalue weighted by molar-refractivity contribution is 0.0599. The van der Waals surface area contributed by atoms with E-state index in [1.807, 2.05) is 30.0 Å². The average Bonchev–Trinajstić information content (AvgIpc) is 2.89. The van der Waals surface area contributed by atoms with Gasteiger partial charge in [-0.3, -0.25) is 9.59 Å². The molecule has 3 aromatic rings. The maximum absolute atomic E-state index is 13.2. The number of nitrogens with zero attached hydrogens (tertiary/aromatic N) is 2. The number of esters is 1. The Kier molecular flexibility index (Phi) is 7.46. The average molecular weight is 492 g/mol. The van der Waals surface area contributed by atoms with E-state index in [4.69, 9.17) is 16.3 Å². The van der Waals surface area contributed by atoms with Gasteiger partial charge >= 0.3 is 5.97 Å². The first kappa shape index (κ1) is 24.4. The lowest BCUT2D eigenvalue weighted by Gasteiger charge is -2.32. The predicted molar refractivity (Wildman–Crippen MR) is 134 cm³/mol. The van der Waals surface area contributed by atoms with Crippen molar-refractivity contribution in [2.45, 2.75) is 25.7 Å². The van der Waals surface area contributed by atoms with Crippen LogP contribution in [0, 0.1) is 6.92 Å². The molecule has 1 saturated heterocycles. The van der Waals surface area contributed by atoms with Crippen LogP contribution >= 0.6 is 11.6 Å². The van der Waals surface area contributed by atoms with Gasteiger partial charge in [-0.2, -0.15) is 0 Å². The third-order valence-corrected chi connectivity index (χ3v) is 6.53. The lowest BCUT2D eigenvalue weighted by atomic mass is 9.88. The van der Waals surface area contributed by atoms with Gasteiger partial charge in [-0.1, -0.05) is 29.8 Å². The molecule has 2 aromatic carbocycles. The largest absolute Gasteiger partial charge is 0.465 e. The van der Waals surface area contributed by atoms with Crippen LogP contribution in [0.15, 0.2) is 60.8 Å². The minimum atomic E-state index is -0.351. The third-order valence-electron chi connectivity index (χ3n) is 6.31. The van der Waals surface area contributed by atoms with Crippen LogP contribution in [0.2, 0.25) is 5.15 Å². The van der Waals surface area contributed by atoms with E-state index in [2.05, 4.69) is 10.3 Å². The van der Waals surface area contributed by atoms with Crippen LogP contribution in [0.4, 0.5) is 5.69 Å². The summed E-state index contributed by atoms with van der Waals surface area (Å²) in [4.78, 5) is 43.2. The van der Waals surface area contributed by atoms with Crippen molar-refractivity contribution in [3.05, 3.63) is 93.8 Å². The number of anilines is 1. The molecule has 35 heavy (non-hydrogen) atoms. The van der Waals surface area contributed by atoms with Crippen molar-refractivity contribution in [3.63, 3.8) is 0 Å². The minimum absolute atomic E-state index is 0.0619. The van der Waals surface area contributed by atoms with Gasteiger partial charge in [0.25, 0.3) is 11.8 Å². The van der Waals surface area contributed by atoms with Crippen LogP contribution < -0.4 is 5.32 Å². The summed E-state index contributed by atoms with van der Waals surface area (Å²) in [5.41, 5.74) is 4.02. The predicted octanol–water partition coefficient (Wildman–Crippen LogP) is 5.10. The van der Waals surface area contributed by atoms with E-state index < -0.39 is 0 Å². The second-order valence-corrected chi connectivity index (χ2v) is 8.92. The van der Waals surface area contributed by atoms with Gasteiger partial charge in [0, 0.05) is 30.5 Å². The molecule has 1 fully saturated rings. The van der Waals surface area contributed by atoms with E-state index in [1.165, 1.54) is 13.3 Å². The normalized spacial score (nSPS) is 13.9. The maximum Gasteiger partial charge on any atom is 0.337 e. The molecular weight excluding hydrogens is 466 g/mol. The first-order valence-electron chi connectivity index (χ1n) is 11.4. The molecule has 1 N–H and O–H groups in total. The van der Waals surface area contributed by atoms with Crippen molar-refractivity contribution in [3.8, 4) is 0 Å². The minimum Gasteiger partial charge on any atom is -0.465 e. The molecular formula is C27H26ClN3O4. The zero-order valence-electron chi connectivity index (χ0n) is 19.6. The molecule has 8 heteroatoms. The quantitative estimate of drug-likeness (QED) is 0.396. The summed E-state index contributed by atoms with van der Waals surface area (Å²) in [6, 6.07) is 16.0. The van der Waals surface area contributed by atoms with Gasteiger partial charge in [0.1, 0.15) is 5.15 Å². The van der Waals surface area contributed by atoms with Crippen molar-refractivity contribution < 1.29 is 19.1 Å². The Morgan fingerprint density at radius 2 is 1.63 bits per heavy atom. The number of ether oxygens (including phenoxy) is 1. The summed E-state index contributed by atoms with van der Waals surface area (Å²) >= 11 is 5.80. The number of likely N-dealkylation sites (tertiary alicyclic amines) is 1. The number of aromatic nitrogens is 1. The molecule has 1 aromatic heterocycles. The van der Waals surface area contributed by atoms with Gasteiger partial charge in [-0.05, 0) is 73.2 Å². The van der Waals surface area contributed by atoms with Crippen molar-refractivity contribution >= 4 is 35.1 Å². The number of carbonyl (C=O) groups is 3. The molecule has 2 amide bonds. The van der Waals surface area contributed by atoms with Gasteiger partial charge in [0.15, 0.2) is 0 Å². The van der Waals surface area contributed by atoms with Crippen LogP contribution in [-0.2, 0) is 4.74 Å². The molecule has 4 rings (SSSR count). The van der Waals surface area contributed by atoms with Crippen LogP contribution in [0.3, 0.4) is 0 Å². The standard InChI is InChI=1S/C27H26ClN3O4/c1-17-3-4-21(15-23(17)30-25(32)22-9-10-24(28)29-16-22)26(33)31-13-11-19(12-14-31)18-5-7-20(8-6-18)27(34)35-2/h3-10,15-16,19H,11-14H2,1-2H3,(H,30,32). The Labute approximate surface area is 209 Å². The fourth-order valence-electron chi connectivity index (χ4n) is 4.20. The molecule has 0 aliphatic carbocycles. The molecule has 2 heterocycles. The van der Waals surface area contributed by atoms with Crippen LogP contribution in [0.1, 0.15) is 61.0 Å². The Bertz CT molecular complexity index is 1230.